The highest BCUT2D eigenvalue weighted by Gasteiger charge is 2.55. The first-order valence-corrected chi connectivity index (χ1v) is 9.26. The Morgan fingerprint density at radius 3 is 2.38 bits per heavy atom. The van der Waals surface area contributed by atoms with Gasteiger partial charge in [0.25, 0.3) is 0 Å². The minimum absolute atomic E-state index is 0.273. The van der Waals surface area contributed by atoms with Crippen molar-refractivity contribution < 1.29 is 19.1 Å². The number of para-hydroxylation sites is 1. The van der Waals surface area contributed by atoms with Crippen molar-refractivity contribution >= 4 is 39.4 Å². The van der Waals surface area contributed by atoms with Gasteiger partial charge in [-0.25, -0.2) is 4.90 Å². The fourth-order valence-electron chi connectivity index (χ4n) is 3.89. The molecule has 2 aromatic carbocycles. The molecule has 2 heterocycles. The quantitative estimate of drug-likeness (QED) is 0.326. The number of esters is 1. The number of carbonyl (C=O) groups excluding carboxylic acids is 3. The third-order valence-electron chi connectivity index (χ3n) is 5.08. The summed E-state index contributed by atoms with van der Waals surface area (Å²) in [5, 5.41) is 0. The van der Waals surface area contributed by atoms with Gasteiger partial charge in [0.15, 0.2) is 0 Å². The Kier molecular flexibility index (Phi) is 4.15. The van der Waals surface area contributed by atoms with Crippen molar-refractivity contribution in [2.75, 3.05) is 4.90 Å². The molecule has 1 fully saturated rings. The number of benzene rings is 2. The molecular formula is C20H16BrNO4. The number of amides is 2. The largest absolute Gasteiger partial charge is 0.426 e. The number of hydrogen-bond donors (Lipinski definition) is 0. The lowest BCUT2D eigenvalue weighted by molar-refractivity contribution is -0.151. The predicted molar refractivity (Wildman–Crippen MR) is 98.7 cm³/mol. The number of imide groups is 1. The first-order chi connectivity index (χ1) is 12.5. The lowest BCUT2D eigenvalue weighted by Crippen LogP contribution is -2.57. The molecule has 1 saturated heterocycles. The highest BCUT2D eigenvalue weighted by Crippen LogP contribution is 2.48. The lowest BCUT2D eigenvalue weighted by atomic mass is 9.70. The van der Waals surface area contributed by atoms with Gasteiger partial charge in [-0.3, -0.25) is 14.4 Å². The molecule has 0 N–H and O–H groups in total. The first-order valence-electron chi connectivity index (χ1n) is 8.47. The monoisotopic (exact) mass is 413 g/mol. The van der Waals surface area contributed by atoms with E-state index in [1.165, 1.54) is 0 Å². The SMILES string of the molecule is CC[C@H]1C(=O)N(c2ccc(Br)cc2)C(=O)[C@@H]2C(=O)Oc3ccccc3[C@@H]21. The van der Waals surface area contributed by atoms with Crippen LogP contribution in [0.1, 0.15) is 24.8 Å². The number of piperidine rings is 1. The zero-order valence-corrected chi connectivity index (χ0v) is 15.6. The molecule has 0 spiro atoms. The van der Waals surface area contributed by atoms with Crippen LogP contribution in [0.2, 0.25) is 0 Å². The molecule has 0 aliphatic carbocycles. The molecule has 0 aromatic heterocycles. The summed E-state index contributed by atoms with van der Waals surface area (Å²) < 4.78 is 6.24. The Balaban J connectivity index is 1.84. The molecule has 2 aromatic rings. The van der Waals surface area contributed by atoms with Crippen LogP contribution in [0.4, 0.5) is 5.69 Å². The standard InChI is InChI=1S/C20H16BrNO4/c1-2-13-16-14-5-3-4-6-15(14)26-20(25)17(16)19(24)22(18(13)23)12-9-7-11(21)8-10-12/h3-10,13,16-17H,2H2,1H3/t13-,16+,17-/m1/s1. The molecule has 0 unspecified atom stereocenters. The van der Waals surface area contributed by atoms with Crippen LogP contribution in [0, 0.1) is 11.8 Å². The predicted octanol–water partition coefficient (Wildman–Crippen LogP) is 3.67. The summed E-state index contributed by atoms with van der Waals surface area (Å²) >= 11 is 3.35. The molecule has 132 valence electrons. The molecule has 3 atom stereocenters. The van der Waals surface area contributed by atoms with Crippen molar-refractivity contribution in [2.24, 2.45) is 11.8 Å². The van der Waals surface area contributed by atoms with E-state index in [0.29, 0.717) is 17.9 Å². The number of nitrogens with zero attached hydrogens (tertiary/aromatic N) is 1. The minimum atomic E-state index is -1.00. The van der Waals surface area contributed by atoms with Crippen LogP contribution in [-0.2, 0) is 14.4 Å². The molecule has 26 heavy (non-hydrogen) atoms. The summed E-state index contributed by atoms with van der Waals surface area (Å²) in [5.74, 6) is -2.89. The van der Waals surface area contributed by atoms with Crippen molar-refractivity contribution in [3.05, 3.63) is 58.6 Å². The Morgan fingerprint density at radius 2 is 1.69 bits per heavy atom. The van der Waals surface area contributed by atoms with E-state index in [2.05, 4.69) is 15.9 Å². The lowest BCUT2D eigenvalue weighted by Gasteiger charge is -2.42. The van der Waals surface area contributed by atoms with Gasteiger partial charge in [-0.1, -0.05) is 41.1 Å². The minimum Gasteiger partial charge on any atom is -0.426 e. The van der Waals surface area contributed by atoms with Gasteiger partial charge < -0.3 is 4.74 Å². The number of rotatable bonds is 2. The van der Waals surface area contributed by atoms with E-state index in [4.69, 9.17) is 4.74 Å². The Bertz CT molecular complexity index is 908. The van der Waals surface area contributed by atoms with Gasteiger partial charge in [-0.15, -0.1) is 0 Å². The fourth-order valence-corrected chi connectivity index (χ4v) is 4.16. The smallest absolute Gasteiger partial charge is 0.324 e. The van der Waals surface area contributed by atoms with Gasteiger partial charge in [0.1, 0.15) is 11.7 Å². The molecule has 2 amide bonds. The maximum Gasteiger partial charge on any atom is 0.324 e. The van der Waals surface area contributed by atoms with Crippen molar-refractivity contribution in [1.82, 2.24) is 0 Å². The maximum atomic E-state index is 13.2. The van der Waals surface area contributed by atoms with Gasteiger partial charge in [-0.05, 0) is 36.8 Å². The van der Waals surface area contributed by atoms with Crippen LogP contribution in [0.5, 0.6) is 5.75 Å². The average molecular weight is 414 g/mol. The summed E-state index contributed by atoms with van der Waals surface area (Å²) in [6.45, 7) is 1.90. The van der Waals surface area contributed by atoms with Crippen molar-refractivity contribution in [3.8, 4) is 5.75 Å². The fraction of sp³-hybridized carbons (Fsp3) is 0.250. The van der Waals surface area contributed by atoms with E-state index in [9.17, 15) is 14.4 Å². The molecule has 0 saturated carbocycles. The van der Waals surface area contributed by atoms with Crippen molar-refractivity contribution in [3.63, 3.8) is 0 Å². The third kappa shape index (κ3) is 2.48. The number of halogens is 1. The van der Waals surface area contributed by atoms with E-state index in [1.807, 2.05) is 19.1 Å². The summed E-state index contributed by atoms with van der Waals surface area (Å²) in [7, 11) is 0. The summed E-state index contributed by atoms with van der Waals surface area (Å²) in [6, 6.07) is 14.0. The van der Waals surface area contributed by atoms with Crippen LogP contribution in [-0.4, -0.2) is 17.8 Å². The molecule has 5 nitrogen and oxygen atoms in total. The molecule has 4 rings (SSSR count). The highest BCUT2D eigenvalue weighted by molar-refractivity contribution is 9.10. The topological polar surface area (TPSA) is 63.7 Å². The second-order valence-corrected chi connectivity index (χ2v) is 7.38. The maximum absolute atomic E-state index is 13.2. The number of carbonyl (C=O) groups is 3. The first kappa shape index (κ1) is 17.0. The second-order valence-electron chi connectivity index (χ2n) is 6.47. The summed E-state index contributed by atoms with van der Waals surface area (Å²) in [6.07, 6.45) is 0.530. The van der Waals surface area contributed by atoms with E-state index in [1.54, 1.807) is 36.4 Å². The molecule has 0 bridgehead atoms. The van der Waals surface area contributed by atoms with Gasteiger partial charge >= 0.3 is 5.97 Å². The van der Waals surface area contributed by atoms with Gasteiger partial charge in [0, 0.05) is 21.9 Å². The van der Waals surface area contributed by atoms with Gasteiger partial charge in [0.2, 0.25) is 11.8 Å². The van der Waals surface area contributed by atoms with Gasteiger partial charge in [0.05, 0.1) is 5.69 Å². The summed E-state index contributed by atoms with van der Waals surface area (Å²) in [5.41, 5.74) is 1.22. The van der Waals surface area contributed by atoms with Crippen LogP contribution in [0.15, 0.2) is 53.0 Å². The second kappa shape index (κ2) is 6.36. The molecule has 2 aliphatic rings. The number of anilines is 1. The molecule has 6 heteroatoms. The normalized spacial score (nSPS) is 24.8. The number of fused-ring (bicyclic) bond motifs is 3. The Morgan fingerprint density at radius 1 is 1.00 bits per heavy atom. The summed E-state index contributed by atoms with van der Waals surface area (Å²) in [4.78, 5) is 40.0. The van der Waals surface area contributed by atoms with Crippen molar-refractivity contribution in [2.45, 2.75) is 19.3 Å². The average Bonchev–Trinajstić information content (AvgIpc) is 2.63. The van der Waals surface area contributed by atoms with Crippen LogP contribution >= 0.6 is 15.9 Å². The van der Waals surface area contributed by atoms with Gasteiger partial charge in [-0.2, -0.15) is 0 Å². The zero-order chi connectivity index (χ0) is 18.4. The van der Waals surface area contributed by atoms with Crippen molar-refractivity contribution in [1.29, 1.82) is 0 Å². The highest BCUT2D eigenvalue weighted by atomic mass is 79.9. The molecule has 2 aliphatic heterocycles. The third-order valence-corrected chi connectivity index (χ3v) is 5.61. The van der Waals surface area contributed by atoms with E-state index in [-0.39, 0.29) is 5.91 Å². The van der Waals surface area contributed by atoms with Crippen LogP contribution in [0.3, 0.4) is 0 Å². The van der Waals surface area contributed by atoms with Crippen LogP contribution < -0.4 is 9.64 Å². The molecule has 0 radical (unpaired) electrons. The van der Waals surface area contributed by atoms with E-state index < -0.39 is 29.6 Å². The van der Waals surface area contributed by atoms with E-state index in [0.717, 1.165) is 14.9 Å². The zero-order valence-electron chi connectivity index (χ0n) is 14.0. The van der Waals surface area contributed by atoms with Crippen LogP contribution in [0.25, 0.3) is 0 Å². The number of hydrogen-bond acceptors (Lipinski definition) is 4. The number of ether oxygens (including phenoxy) is 1. The Labute approximate surface area is 159 Å². The Hall–Kier alpha value is -2.47. The van der Waals surface area contributed by atoms with E-state index >= 15 is 0 Å². The molecular weight excluding hydrogens is 398 g/mol.